The number of hydrogen-bond acceptors (Lipinski definition) is 1. The first-order valence-electron chi connectivity index (χ1n) is 8.35. The first-order chi connectivity index (χ1) is 8.66. The summed E-state index contributed by atoms with van der Waals surface area (Å²) in [5.41, 5.74) is 0. The molecule has 0 bridgehead atoms. The summed E-state index contributed by atoms with van der Waals surface area (Å²) in [6.45, 7) is 9.47. The van der Waals surface area contributed by atoms with E-state index >= 15 is 0 Å². The van der Waals surface area contributed by atoms with Gasteiger partial charge in [-0.25, -0.2) is 0 Å². The van der Waals surface area contributed by atoms with E-state index in [0.717, 1.165) is 5.92 Å². The third-order valence-electron chi connectivity index (χ3n) is 3.68. The second kappa shape index (κ2) is 13.4. The minimum atomic E-state index is 0.894. The van der Waals surface area contributed by atoms with Gasteiger partial charge in [0.1, 0.15) is 0 Å². The summed E-state index contributed by atoms with van der Waals surface area (Å²) in [7, 11) is 2.25. The van der Waals surface area contributed by atoms with E-state index in [2.05, 4.69) is 32.7 Å². The van der Waals surface area contributed by atoms with Crippen LogP contribution in [0.1, 0.15) is 85.0 Å². The largest absolute Gasteiger partial charge is 0.306 e. The maximum atomic E-state index is 2.46. The van der Waals surface area contributed by atoms with Crippen LogP contribution in [0.15, 0.2) is 0 Å². The van der Waals surface area contributed by atoms with Crippen molar-refractivity contribution in [3.05, 3.63) is 0 Å². The molecule has 0 fully saturated rings. The van der Waals surface area contributed by atoms with Crippen molar-refractivity contribution in [1.82, 2.24) is 4.90 Å². The van der Waals surface area contributed by atoms with Gasteiger partial charge in [-0.15, -0.1) is 0 Å². The van der Waals surface area contributed by atoms with Gasteiger partial charge in [0.15, 0.2) is 0 Å². The summed E-state index contributed by atoms with van der Waals surface area (Å²) < 4.78 is 0. The molecule has 0 aromatic carbocycles. The van der Waals surface area contributed by atoms with Crippen LogP contribution in [0.3, 0.4) is 0 Å². The molecule has 1 heteroatoms. The third-order valence-corrected chi connectivity index (χ3v) is 3.68. The molecule has 0 aliphatic rings. The van der Waals surface area contributed by atoms with Crippen molar-refractivity contribution in [1.29, 1.82) is 0 Å². The summed E-state index contributed by atoms with van der Waals surface area (Å²) in [5.74, 6) is 0.894. The van der Waals surface area contributed by atoms with Crippen LogP contribution in [0.4, 0.5) is 0 Å². The van der Waals surface area contributed by atoms with E-state index in [1.807, 2.05) is 0 Å². The van der Waals surface area contributed by atoms with E-state index in [1.165, 1.54) is 77.3 Å². The molecule has 0 N–H and O–H groups in total. The molecule has 0 rings (SSSR count). The summed E-state index contributed by atoms with van der Waals surface area (Å²) in [6, 6.07) is 0. The minimum Gasteiger partial charge on any atom is -0.306 e. The quantitative estimate of drug-likeness (QED) is 0.393. The molecule has 0 aliphatic carbocycles. The smallest absolute Gasteiger partial charge is 0.00218 e. The van der Waals surface area contributed by atoms with Crippen molar-refractivity contribution in [2.75, 3.05) is 20.1 Å². The van der Waals surface area contributed by atoms with E-state index in [4.69, 9.17) is 0 Å². The van der Waals surface area contributed by atoms with E-state index in [9.17, 15) is 0 Å². The molecule has 0 aromatic heterocycles. The lowest BCUT2D eigenvalue weighted by Crippen LogP contribution is -2.20. The Bertz CT molecular complexity index is 154. The van der Waals surface area contributed by atoms with Gasteiger partial charge in [-0.1, -0.05) is 72.1 Å². The van der Waals surface area contributed by atoms with Crippen LogP contribution < -0.4 is 0 Å². The molecule has 0 amide bonds. The summed E-state index contributed by atoms with van der Waals surface area (Å²) in [4.78, 5) is 2.46. The number of rotatable bonds is 13. The Balaban J connectivity index is 3.03. The maximum absolute atomic E-state index is 2.46. The van der Waals surface area contributed by atoms with Crippen molar-refractivity contribution < 1.29 is 0 Å². The van der Waals surface area contributed by atoms with Crippen molar-refractivity contribution >= 4 is 0 Å². The molecule has 0 saturated carbocycles. The Morgan fingerprint density at radius 1 is 0.722 bits per heavy atom. The highest BCUT2D eigenvalue weighted by atomic mass is 15.1. The van der Waals surface area contributed by atoms with E-state index in [0.29, 0.717) is 0 Å². The number of hydrogen-bond donors (Lipinski definition) is 0. The van der Waals surface area contributed by atoms with Gasteiger partial charge in [-0.2, -0.15) is 0 Å². The van der Waals surface area contributed by atoms with Gasteiger partial charge in [-0.05, 0) is 38.9 Å². The van der Waals surface area contributed by atoms with Crippen molar-refractivity contribution in [3.8, 4) is 0 Å². The van der Waals surface area contributed by atoms with Gasteiger partial charge >= 0.3 is 0 Å². The molecular weight excluding hydrogens is 218 g/mol. The summed E-state index contributed by atoms with van der Waals surface area (Å²) in [5, 5.41) is 0. The first-order valence-corrected chi connectivity index (χ1v) is 8.35. The third kappa shape index (κ3) is 14.0. The Hall–Kier alpha value is -0.0400. The molecule has 0 saturated heterocycles. The predicted molar refractivity (Wildman–Crippen MR) is 84.2 cm³/mol. The van der Waals surface area contributed by atoms with E-state index in [-0.39, 0.29) is 0 Å². The Labute approximate surface area is 116 Å². The highest BCUT2D eigenvalue weighted by molar-refractivity contribution is 4.52. The minimum absolute atomic E-state index is 0.894. The second-order valence-corrected chi connectivity index (χ2v) is 6.31. The Kier molecular flexibility index (Phi) is 13.4. The molecule has 0 unspecified atom stereocenters. The molecule has 110 valence electrons. The van der Waals surface area contributed by atoms with Gasteiger partial charge in [0.05, 0.1) is 0 Å². The SMILES string of the molecule is CCCN(C)CCCCCCCCCCC(C)C. The second-order valence-electron chi connectivity index (χ2n) is 6.31. The molecule has 0 radical (unpaired) electrons. The molecule has 18 heavy (non-hydrogen) atoms. The van der Waals surface area contributed by atoms with Crippen molar-refractivity contribution in [2.45, 2.75) is 85.0 Å². The van der Waals surface area contributed by atoms with Crippen molar-refractivity contribution in [3.63, 3.8) is 0 Å². The zero-order valence-corrected chi connectivity index (χ0v) is 13.5. The van der Waals surface area contributed by atoms with Gasteiger partial charge in [-0.3, -0.25) is 0 Å². The molecule has 0 spiro atoms. The van der Waals surface area contributed by atoms with Crippen LogP contribution in [0, 0.1) is 5.92 Å². The zero-order chi connectivity index (χ0) is 13.6. The summed E-state index contributed by atoms with van der Waals surface area (Å²) >= 11 is 0. The molecule has 0 heterocycles. The fourth-order valence-corrected chi connectivity index (χ4v) is 2.49. The van der Waals surface area contributed by atoms with Gasteiger partial charge in [0, 0.05) is 0 Å². The monoisotopic (exact) mass is 255 g/mol. The van der Waals surface area contributed by atoms with Crippen LogP contribution in [0.2, 0.25) is 0 Å². The van der Waals surface area contributed by atoms with Crippen LogP contribution in [-0.4, -0.2) is 25.0 Å². The van der Waals surface area contributed by atoms with Gasteiger partial charge < -0.3 is 4.90 Å². The average molecular weight is 255 g/mol. The van der Waals surface area contributed by atoms with Crippen LogP contribution >= 0.6 is 0 Å². The van der Waals surface area contributed by atoms with Crippen LogP contribution in [0.25, 0.3) is 0 Å². The average Bonchev–Trinajstić information content (AvgIpc) is 2.31. The lowest BCUT2D eigenvalue weighted by molar-refractivity contribution is 0.324. The fraction of sp³-hybridized carbons (Fsp3) is 1.00. The van der Waals surface area contributed by atoms with Gasteiger partial charge in [0.25, 0.3) is 0 Å². The van der Waals surface area contributed by atoms with Crippen LogP contribution in [-0.2, 0) is 0 Å². The molecular formula is C17H37N. The molecule has 1 nitrogen and oxygen atoms in total. The molecule has 0 aromatic rings. The zero-order valence-electron chi connectivity index (χ0n) is 13.5. The van der Waals surface area contributed by atoms with E-state index < -0.39 is 0 Å². The topological polar surface area (TPSA) is 3.24 Å². The predicted octanol–water partition coefficient (Wildman–Crippen LogP) is 5.50. The van der Waals surface area contributed by atoms with Crippen LogP contribution in [0.5, 0.6) is 0 Å². The molecule has 0 aliphatic heterocycles. The summed E-state index contributed by atoms with van der Waals surface area (Å²) in [6.07, 6.45) is 14.3. The lowest BCUT2D eigenvalue weighted by atomic mass is 10.0. The van der Waals surface area contributed by atoms with E-state index in [1.54, 1.807) is 0 Å². The standard InChI is InChI=1S/C17H37N/c1-5-15-18(4)16-13-11-9-7-6-8-10-12-14-17(2)3/h17H,5-16H2,1-4H3. The van der Waals surface area contributed by atoms with Crippen molar-refractivity contribution in [2.24, 2.45) is 5.92 Å². The number of nitrogens with zero attached hydrogens (tertiary/aromatic N) is 1. The molecule has 0 atom stereocenters. The fourth-order valence-electron chi connectivity index (χ4n) is 2.49. The first kappa shape index (κ1) is 18.0. The number of unbranched alkanes of at least 4 members (excludes halogenated alkanes) is 7. The Morgan fingerprint density at radius 3 is 1.72 bits per heavy atom. The van der Waals surface area contributed by atoms with Gasteiger partial charge in [0.2, 0.25) is 0 Å². The highest BCUT2D eigenvalue weighted by Gasteiger charge is 1.97. The normalized spacial score (nSPS) is 11.7. The highest BCUT2D eigenvalue weighted by Crippen LogP contribution is 2.12. The maximum Gasteiger partial charge on any atom is -0.00218 e. The lowest BCUT2D eigenvalue weighted by Gasteiger charge is -2.14. The Morgan fingerprint density at radius 2 is 1.22 bits per heavy atom.